The molecule has 0 aromatic heterocycles. The highest BCUT2D eigenvalue weighted by atomic mass is 16.5. The van der Waals surface area contributed by atoms with Gasteiger partial charge in [0.05, 0.1) is 6.61 Å². The van der Waals surface area contributed by atoms with Crippen molar-refractivity contribution in [1.29, 1.82) is 5.26 Å². The molecule has 26 heavy (non-hydrogen) atoms. The van der Waals surface area contributed by atoms with Gasteiger partial charge in [-0.05, 0) is 49.1 Å². The van der Waals surface area contributed by atoms with Crippen LogP contribution in [-0.2, 0) is 16.0 Å². The molecule has 0 N–H and O–H groups in total. The molecule has 0 fully saturated rings. The zero-order valence-electron chi connectivity index (χ0n) is 15.6. The van der Waals surface area contributed by atoms with Crippen LogP contribution in [0.2, 0.25) is 0 Å². The average molecular weight is 350 g/mol. The molecule has 4 nitrogen and oxygen atoms in total. The first kappa shape index (κ1) is 19.5. The molecule has 0 amide bonds. The Hall–Kier alpha value is -2.80. The van der Waals surface area contributed by atoms with Crippen molar-refractivity contribution in [2.24, 2.45) is 0 Å². The molecule has 2 rings (SSSR count). The van der Waals surface area contributed by atoms with Gasteiger partial charge in [-0.15, -0.1) is 0 Å². The predicted octanol–water partition coefficient (Wildman–Crippen LogP) is 5.04. The Labute approximate surface area is 156 Å². The van der Waals surface area contributed by atoms with E-state index >= 15 is 0 Å². The van der Waals surface area contributed by atoms with Gasteiger partial charge < -0.3 is 9.64 Å². The first-order valence-corrected chi connectivity index (χ1v) is 9.24. The number of nitriles is 1. The number of hydrogen-bond acceptors (Lipinski definition) is 4. The lowest BCUT2D eigenvalue weighted by molar-refractivity contribution is -0.138. The smallest absolute Gasteiger partial charge is 0.349 e. The third kappa shape index (κ3) is 5.35. The lowest BCUT2D eigenvalue weighted by Gasteiger charge is -2.19. The van der Waals surface area contributed by atoms with Crippen LogP contribution in [0.5, 0.6) is 0 Å². The second kappa shape index (κ2) is 10.2. The zero-order valence-corrected chi connectivity index (χ0v) is 15.6. The Morgan fingerprint density at radius 1 is 1.08 bits per heavy atom. The van der Waals surface area contributed by atoms with Crippen LogP contribution in [0.3, 0.4) is 0 Å². The summed E-state index contributed by atoms with van der Waals surface area (Å²) in [6.45, 7) is 4.56. The molecule has 0 saturated heterocycles. The van der Waals surface area contributed by atoms with Crippen molar-refractivity contribution in [1.82, 2.24) is 0 Å². The van der Waals surface area contributed by atoms with E-state index in [4.69, 9.17) is 4.74 Å². The van der Waals surface area contributed by atoms with Crippen molar-refractivity contribution in [3.05, 3.63) is 65.5 Å². The Balaban J connectivity index is 2.05. The molecule has 1 aromatic rings. The molecule has 0 aliphatic carbocycles. The summed E-state index contributed by atoms with van der Waals surface area (Å²) in [5, 5.41) is 9.30. The summed E-state index contributed by atoms with van der Waals surface area (Å²) in [5.41, 5.74) is 3.00. The average Bonchev–Trinajstić information content (AvgIpc) is 2.68. The number of esters is 1. The number of ether oxygens (including phenoxy) is 1. The number of carbonyl (C=O) groups excluding carboxylic acids is 1. The van der Waals surface area contributed by atoms with Crippen molar-refractivity contribution in [2.45, 2.75) is 46.0 Å². The number of allylic oxidation sites excluding steroid dienone is 3. The van der Waals surface area contributed by atoms with Gasteiger partial charge in [-0.2, -0.15) is 5.26 Å². The van der Waals surface area contributed by atoms with Crippen LogP contribution in [0.25, 0.3) is 0 Å². The molecular weight excluding hydrogens is 324 g/mol. The van der Waals surface area contributed by atoms with Gasteiger partial charge in [0, 0.05) is 23.7 Å². The van der Waals surface area contributed by atoms with E-state index in [1.807, 2.05) is 30.3 Å². The van der Waals surface area contributed by atoms with Crippen LogP contribution in [0, 0.1) is 11.3 Å². The number of carbonyl (C=O) groups is 1. The van der Waals surface area contributed by atoms with Gasteiger partial charge in [0.1, 0.15) is 11.6 Å². The van der Waals surface area contributed by atoms with E-state index in [1.165, 1.54) is 18.4 Å². The second-order valence-electron chi connectivity index (χ2n) is 6.24. The molecule has 0 atom stereocenters. The topological polar surface area (TPSA) is 53.3 Å². The third-order valence-corrected chi connectivity index (χ3v) is 4.22. The molecule has 0 unspecified atom stereocenters. The quantitative estimate of drug-likeness (QED) is 0.285. The van der Waals surface area contributed by atoms with Crippen molar-refractivity contribution < 1.29 is 9.53 Å². The molecular formula is C22H26N2O2. The van der Waals surface area contributed by atoms with Crippen LogP contribution in [0.1, 0.15) is 45.1 Å². The lowest BCUT2D eigenvalue weighted by atomic mass is 10.1. The first-order chi connectivity index (χ1) is 12.7. The zero-order chi connectivity index (χ0) is 18.8. The van der Waals surface area contributed by atoms with E-state index in [-0.39, 0.29) is 5.57 Å². The number of aryl methyl sites for hydroxylation is 1. The van der Waals surface area contributed by atoms with Gasteiger partial charge >= 0.3 is 5.97 Å². The summed E-state index contributed by atoms with van der Waals surface area (Å²) < 4.78 is 5.14. The Morgan fingerprint density at radius 3 is 2.31 bits per heavy atom. The fraction of sp³-hybridized carbons (Fsp3) is 0.364. The Morgan fingerprint density at radius 2 is 1.73 bits per heavy atom. The largest absolute Gasteiger partial charge is 0.462 e. The second-order valence-corrected chi connectivity index (χ2v) is 6.24. The van der Waals surface area contributed by atoms with Crippen LogP contribution < -0.4 is 4.90 Å². The van der Waals surface area contributed by atoms with Crippen molar-refractivity contribution in [3.63, 3.8) is 0 Å². The fourth-order valence-corrected chi connectivity index (χ4v) is 2.59. The van der Waals surface area contributed by atoms with Gasteiger partial charge in [-0.25, -0.2) is 4.79 Å². The standard InChI is InChI=1S/C22H26N2O2/c1-3-5-7-18-8-10-20(11-9-18)24-14-12-19(13-15-24)21(17-23)22(25)26-16-6-4-2/h8-15H,3-7,16H2,1-2H3. The highest BCUT2D eigenvalue weighted by Gasteiger charge is 2.16. The Bertz CT molecular complexity index is 720. The number of nitrogens with zero attached hydrogens (tertiary/aromatic N) is 2. The van der Waals surface area contributed by atoms with Crippen LogP contribution in [0.15, 0.2) is 60.0 Å². The van der Waals surface area contributed by atoms with Crippen LogP contribution in [0.4, 0.5) is 5.69 Å². The van der Waals surface area contributed by atoms with Crippen molar-refractivity contribution >= 4 is 11.7 Å². The molecule has 136 valence electrons. The minimum absolute atomic E-state index is 0.0446. The minimum atomic E-state index is -0.557. The number of benzene rings is 1. The van der Waals surface area contributed by atoms with E-state index in [9.17, 15) is 10.1 Å². The summed E-state index contributed by atoms with van der Waals surface area (Å²) >= 11 is 0. The van der Waals surface area contributed by atoms with Gasteiger partial charge in [-0.3, -0.25) is 0 Å². The van der Waals surface area contributed by atoms with Gasteiger partial charge in [0.2, 0.25) is 0 Å². The van der Waals surface area contributed by atoms with E-state index in [0.29, 0.717) is 12.2 Å². The van der Waals surface area contributed by atoms with Crippen LogP contribution in [-0.4, -0.2) is 12.6 Å². The maximum Gasteiger partial charge on any atom is 0.349 e. The summed E-state index contributed by atoms with van der Waals surface area (Å²) in [4.78, 5) is 14.0. The highest BCUT2D eigenvalue weighted by molar-refractivity contribution is 5.95. The molecule has 0 bridgehead atoms. The molecule has 1 aromatic carbocycles. The summed E-state index contributed by atoms with van der Waals surface area (Å²) in [7, 11) is 0. The molecule has 4 heteroatoms. The minimum Gasteiger partial charge on any atom is -0.462 e. The molecule has 1 heterocycles. The maximum absolute atomic E-state index is 12.0. The first-order valence-electron chi connectivity index (χ1n) is 9.24. The number of unbranched alkanes of at least 4 members (excludes halogenated alkanes) is 2. The van der Waals surface area contributed by atoms with Crippen LogP contribution >= 0.6 is 0 Å². The Kier molecular flexibility index (Phi) is 7.70. The number of hydrogen-bond donors (Lipinski definition) is 0. The van der Waals surface area contributed by atoms with Gasteiger partial charge in [0.25, 0.3) is 0 Å². The van der Waals surface area contributed by atoms with Crippen molar-refractivity contribution in [3.8, 4) is 6.07 Å². The molecule has 0 radical (unpaired) electrons. The normalized spacial score (nSPS) is 12.8. The van der Waals surface area contributed by atoms with Gasteiger partial charge in [0.15, 0.2) is 0 Å². The molecule has 1 aliphatic rings. The molecule has 1 aliphatic heterocycles. The lowest BCUT2D eigenvalue weighted by Crippen LogP contribution is -2.13. The SMILES string of the molecule is CCCCOC(=O)C(C#N)=C1C=CN(c2ccc(CCCC)cc2)C=C1. The summed E-state index contributed by atoms with van der Waals surface area (Å²) in [6.07, 6.45) is 12.5. The van der Waals surface area contributed by atoms with E-state index < -0.39 is 5.97 Å². The predicted molar refractivity (Wildman–Crippen MR) is 104 cm³/mol. The highest BCUT2D eigenvalue weighted by Crippen LogP contribution is 2.22. The molecule has 0 spiro atoms. The maximum atomic E-state index is 12.0. The summed E-state index contributed by atoms with van der Waals surface area (Å²) in [6, 6.07) is 10.4. The molecule has 0 saturated carbocycles. The van der Waals surface area contributed by atoms with Crippen molar-refractivity contribution in [2.75, 3.05) is 11.5 Å². The van der Waals surface area contributed by atoms with Gasteiger partial charge in [-0.1, -0.05) is 38.8 Å². The van der Waals surface area contributed by atoms with E-state index in [0.717, 1.165) is 24.9 Å². The number of anilines is 1. The number of rotatable bonds is 8. The summed E-state index contributed by atoms with van der Waals surface area (Å²) in [5.74, 6) is -0.557. The third-order valence-electron chi connectivity index (χ3n) is 4.22. The van der Waals surface area contributed by atoms with E-state index in [2.05, 4.69) is 31.2 Å². The fourth-order valence-electron chi connectivity index (χ4n) is 2.59. The van der Waals surface area contributed by atoms with E-state index in [1.54, 1.807) is 12.2 Å². The monoisotopic (exact) mass is 350 g/mol.